The largest absolute Gasteiger partial charge is 0.497 e. The average Bonchev–Trinajstić information content (AvgIpc) is 2.89. The number of carboxylic acids is 1. The molecular weight excluding hydrogens is 286 g/mol. The number of aromatic nitrogens is 1. The second-order valence-electron chi connectivity index (χ2n) is 5.23. The molecule has 2 aromatic rings. The molecule has 0 bridgehead atoms. The molecule has 0 saturated heterocycles. The molecule has 21 heavy (non-hydrogen) atoms. The second kappa shape index (κ2) is 5.85. The van der Waals surface area contributed by atoms with Gasteiger partial charge in [-0.25, -0.2) is 4.98 Å². The zero-order valence-electron chi connectivity index (χ0n) is 11.8. The van der Waals surface area contributed by atoms with E-state index in [1.165, 1.54) is 0 Å². The molecular formula is C16H17NO3S. The molecule has 1 aliphatic carbocycles. The van der Waals surface area contributed by atoms with Crippen LogP contribution in [0, 0.1) is 0 Å². The molecule has 0 aliphatic heterocycles. The highest BCUT2D eigenvalue weighted by Gasteiger charge is 2.29. The highest BCUT2D eigenvalue weighted by molar-refractivity contribution is 7.11. The van der Waals surface area contributed by atoms with Gasteiger partial charge in [0.25, 0.3) is 0 Å². The maximum Gasteiger partial charge on any atom is 0.312 e. The van der Waals surface area contributed by atoms with E-state index in [0.29, 0.717) is 6.42 Å². The number of nitrogens with zero attached hydrogens (tertiary/aromatic N) is 1. The van der Waals surface area contributed by atoms with Crippen molar-refractivity contribution in [2.75, 3.05) is 7.11 Å². The van der Waals surface area contributed by atoms with Gasteiger partial charge in [-0.05, 0) is 37.0 Å². The zero-order chi connectivity index (χ0) is 14.8. The summed E-state index contributed by atoms with van der Waals surface area (Å²) in [5.74, 6) is -0.351. The van der Waals surface area contributed by atoms with Crippen molar-refractivity contribution in [2.24, 2.45) is 0 Å². The predicted molar refractivity (Wildman–Crippen MR) is 81.2 cm³/mol. The molecule has 110 valence electrons. The van der Waals surface area contributed by atoms with E-state index in [1.807, 2.05) is 24.3 Å². The van der Waals surface area contributed by atoms with Crippen LogP contribution in [0.1, 0.15) is 39.9 Å². The van der Waals surface area contributed by atoms with Gasteiger partial charge in [-0.15, -0.1) is 11.3 Å². The fourth-order valence-electron chi connectivity index (χ4n) is 2.74. The number of methoxy groups -OCH3 is 1. The maximum atomic E-state index is 11.3. The molecule has 5 heteroatoms. The van der Waals surface area contributed by atoms with Gasteiger partial charge in [0.15, 0.2) is 0 Å². The van der Waals surface area contributed by atoms with Gasteiger partial charge in [-0.1, -0.05) is 12.1 Å². The Bertz CT molecular complexity index is 665. The van der Waals surface area contributed by atoms with Gasteiger partial charge in [0.2, 0.25) is 0 Å². The lowest BCUT2D eigenvalue weighted by atomic mass is 9.91. The number of carboxylic acid groups (broad SMARTS) is 1. The normalized spacial score (nSPS) is 17.3. The minimum Gasteiger partial charge on any atom is -0.497 e. The van der Waals surface area contributed by atoms with Gasteiger partial charge in [0, 0.05) is 11.3 Å². The van der Waals surface area contributed by atoms with Crippen molar-refractivity contribution >= 4 is 17.3 Å². The van der Waals surface area contributed by atoms with Crippen LogP contribution in [-0.2, 0) is 17.6 Å². The summed E-state index contributed by atoms with van der Waals surface area (Å²) in [4.78, 5) is 17.1. The Morgan fingerprint density at radius 1 is 1.52 bits per heavy atom. The number of benzene rings is 1. The van der Waals surface area contributed by atoms with E-state index in [4.69, 9.17) is 4.74 Å². The quantitative estimate of drug-likeness (QED) is 0.942. The Labute approximate surface area is 127 Å². The summed E-state index contributed by atoms with van der Waals surface area (Å²) in [5, 5.41) is 10.3. The van der Waals surface area contributed by atoms with Crippen molar-refractivity contribution in [3.63, 3.8) is 0 Å². The van der Waals surface area contributed by atoms with Crippen LogP contribution in [0.25, 0.3) is 0 Å². The molecule has 4 nitrogen and oxygen atoms in total. The van der Waals surface area contributed by atoms with E-state index < -0.39 is 11.9 Å². The van der Waals surface area contributed by atoms with E-state index in [0.717, 1.165) is 46.2 Å². The molecule has 1 aromatic carbocycles. The topological polar surface area (TPSA) is 59.4 Å². The SMILES string of the molecule is COc1cccc(Cc2nc3c(s2)CCCC3C(=O)O)c1. The summed E-state index contributed by atoms with van der Waals surface area (Å²) >= 11 is 1.65. The van der Waals surface area contributed by atoms with Crippen molar-refractivity contribution in [3.8, 4) is 5.75 Å². The third-order valence-corrected chi connectivity index (χ3v) is 4.92. The molecule has 0 saturated carbocycles. The number of carbonyl (C=O) groups is 1. The van der Waals surface area contributed by atoms with Gasteiger partial charge in [-0.3, -0.25) is 4.79 Å². The number of aryl methyl sites for hydroxylation is 1. The molecule has 0 radical (unpaired) electrons. The number of rotatable bonds is 4. The first kappa shape index (κ1) is 14.1. The van der Waals surface area contributed by atoms with Gasteiger partial charge >= 0.3 is 5.97 Å². The van der Waals surface area contributed by atoms with Crippen molar-refractivity contribution < 1.29 is 14.6 Å². The van der Waals surface area contributed by atoms with Crippen LogP contribution in [0.15, 0.2) is 24.3 Å². The molecule has 0 amide bonds. The van der Waals surface area contributed by atoms with Crippen molar-refractivity contribution in [1.82, 2.24) is 4.98 Å². The first-order chi connectivity index (χ1) is 10.2. The average molecular weight is 303 g/mol. The van der Waals surface area contributed by atoms with E-state index in [-0.39, 0.29) is 0 Å². The zero-order valence-corrected chi connectivity index (χ0v) is 12.7. The lowest BCUT2D eigenvalue weighted by molar-refractivity contribution is -0.139. The minimum absolute atomic E-state index is 0.427. The van der Waals surface area contributed by atoms with E-state index >= 15 is 0 Å². The molecule has 3 rings (SSSR count). The molecule has 1 N–H and O–H groups in total. The molecule has 0 spiro atoms. The standard InChI is InChI=1S/C16H17NO3S/c1-20-11-5-2-4-10(8-11)9-14-17-15-12(16(18)19)6-3-7-13(15)21-14/h2,4-5,8,12H,3,6-7,9H2,1H3,(H,18,19). The molecule has 1 aromatic heterocycles. The van der Waals surface area contributed by atoms with Crippen molar-refractivity contribution in [2.45, 2.75) is 31.6 Å². The number of ether oxygens (including phenoxy) is 1. The first-order valence-electron chi connectivity index (χ1n) is 7.01. The second-order valence-corrected chi connectivity index (χ2v) is 6.40. The number of hydrogen-bond acceptors (Lipinski definition) is 4. The smallest absolute Gasteiger partial charge is 0.312 e. The monoisotopic (exact) mass is 303 g/mol. The summed E-state index contributed by atoms with van der Waals surface area (Å²) in [6.45, 7) is 0. The Morgan fingerprint density at radius 2 is 2.38 bits per heavy atom. The van der Waals surface area contributed by atoms with E-state index in [2.05, 4.69) is 4.98 Å². The van der Waals surface area contributed by atoms with Gasteiger partial charge in [0.1, 0.15) is 5.75 Å². The lowest BCUT2D eigenvalue weighted by Gasteiger charge is -2.16. The number of aliphatic carboxylic acids is 1. The third kappa shape index (κ3) is 2.93. The van der Waals surface area contributed by atoms with Crippen molar-refractivity contribution in [1.29, 1.82) is 0 Å². The van der Waals surface area contributed by atoms with Crippen molar-refractivity contribution in [3.05, 3.63) is 45.4 Å². The van der Waals surface area contributed by atoms with Crippen LogP contribution in [0.3, 0.4) is 0 Å². The molecule has 1 heterocycles. The lowest BCUT2D eigenvalue weighted by Crippen LogP contribution is -2.17. The summed E-state index contributed by atoms with van der Waals surface area (Å²) in [6, 6.07) is 7.91. The predicted octanol–water partition coefficient (Wildman–Crippen LogP) is 3.25. The Balaban J connectivity index is 1.85. The minimum atomic E-state index is -0.755. The van der Waals surface area contributed by atoms with Crippen LogP contribution >= 0.6 is 11.3 Å². The fraction of sp³-hybridized carbons (Fsp3) is 0.375. The highest BCUT2D eigenvalue weighted by atomic mass is 32.1. The van der Waals surface area contributed by atoms with Crippen LogP contribution in [0.4, 0.5) is 0 Å². The van der Waals surface area contributed by atoms with Crippen LogP contribution < -0.4 is 4.74 Å². The molecule has 0 fully saturated rings. The number of fused-ring (bicyclic) bond motifs is 1. The van der Waals surface area contributed by atoms with Crippen LogP contribution in [-0.4, -0.2) is 23.2 Å². The maximum absolute atomic E-state index is 11.3. The van der Waals surface area contributed by atoms with Crippen LogP contribution in [0.2, 0.25) is 0 Å². The highest BCUT2D eigenvalue weighted by Crippen LogP contribution is 2.35. The Morgan fingerprint density at radius 3 is 3.14 bits per heavy atom. The Kier molecular flexibility index (Phi) is 3.92. The van der Waals surface area contributed by atoms with Crippen LogP contribution in [0.5, 0.6) is 5.75 Å². The summed E-state index contributed by atoms with van der Waals surface area (Å²) in [6.07, 6.45) is 3.31. The van der Waals surface area contributed by atoms with Gasteiger partial charge in [-0.2, -0.15) is 0 Å². The van der Waals surface area contributed by atoms with Gasteiger partial charge in [0.05, 0.1) is 23.7 Å². The van der Waals surface area contributed by atoms with E-state index in [1.54, 1.807) is 18.4 Å². The van der Waals surface area contributed by atoms with Gasteiger partial charge < -0.3 is 9.84 Å². The summed E-state index contributed by atoms with van der Waals surface area (Å²) < 4.78 is 5.23. The summed E-state index contributed by atoms with van der Waals surface area (Å²) in [7, 11) is 1.65. The molecule has 1 atom stereocenters. The molecule has 1 unspecified atom stereocenters. The third-order valence-electron chi connectivity index (χ3n) is 3.79. The Hall–Kier alpha value is -1.88. The number of thiazole rings is 1. The van der Waals surface area contributed by atoms with E-state index in [9.17, 15) is 9.90 Å². The fourth-order valence-corrected chi connectivity index (χ4v) is 3.95. The first-order valence-corrected chi connectivity index (χ1v) is 7.83. The molecule has 1 aliphatic rings. The summed E-state index contributed by atoms with van der Waals surface area (Å²) in [5.41, 5.74) is 1.92. The number of hydrogen-bond donors (Lipinski definition) is 1.